The van der Waals surface area contributed by atoms with E-state index in [4.69, 9.17) is 9.47 Å². The predicted molar refractivity (Wildman–Crippen MR) is 119 cm³/mol. The largest absolute Gasteiger partial charge is 0.497 e. The average molecular weight is 432 g/mol. The maximum Gasteiger partial charge on any atom is 0.265 e. The van der Waals surface area contributed by atoms with Crippen molar-refractivity contribution >= 4 is 25.5 Å². The van der Waals surface area contributed by atoms with Crippen molar-refractivity contribution in [3.8, 4) is 5.75 Å². The Morgan fingerprint density at radius 3 is 2.53 bits per heavy atom. The number of rotatable bonds is 4. The molecule has 0 aliphatic carbocycles. The molecule has 0 saturated carbocycles. The number of aliphatic hydroxyl groups excluding tert-OH is 1. The maximum atomic E-state index is 14.2. The van der Waals surface area contributed by atoms with Crippen molar-refractivity contribution in [2.45, 2.75) is 70.0 Å². The molecule has 4 rings (SSSR count). The number of ether oxygens (including phenoxy) is 2. The number of benzene rings is 1. The van der Waals surface area contributed by atoms with E-state index in [1.54, 1.807) is 7.11 Å². The van der Waals surface area contributed by atoms with Gasteiger partial charge in [-0.05, 0) is 58.0 Å². The van der Waals surface area contributed by atoms with E-state index >= 15 is 0 Å². The molecule has 1 aromatic rings. The first-order chi connectivity index (χ1) is 13.9. The first-order valence-corrected chi connectivity index (χ1v) is 13.7. The summed E-state index contributed by atoms with van der Waals surface area (Å²) in [6, 6.07) is 3.90. The fraction of sp³-hybridized carbons (Fsp3) is 0.609. The number of fused-ring (bicyclic) bond motifs is 1. The number of carbonyl (C=O) groups excluding carboxylic acids is 1. The monoisotopic (exact) mass is 431 g/mol. The number of amides is 1. The predicted octanol–water partition coefficient (Wildman–Crippen LogP) is 3.42. The van der Waals surface area contributed by atoms with Gasteiger partial charge in [0.05, 0.1) is 24.4 Å². The third-order valence-electron chi connectivity index (χ3n) is 7.18. The molecule has 1 spiro atoms. The van der Waals surface area contributed by atoms with Crippen molar-refractivity contribution < 1.29 is 24.2 Å². The fourth-order valence-corrected chi connectivity index (χ4v) is 8.74. The van der Waals surface area contributed by atoms with Gasteiger partial charge < -0.3 is 19.4 Å². The zero-order chi connectivity index (χ0) is 22.2. The van der Waals surface area contributed by atoms with Gasteiger partial charge in [-0.15, -0.1) is 0 Å². The van der Waals surface area contributed by atoms with Gasteiger partial charge in [-0.2, -0.15) is 0 Å². The molecule has 164 valence electrons. The van der Waals surface area contributed by atoms with Gasteiger partial charge in [-0.3, -0.25) is 9.69 Å². The standard InChI is InChI=1S/C23H33NO5Si/c1-13-12-22(3,4)24-19-16(13)10-15(28-5)11-17(19)23(21(24)26)14(2)20(30(6,7)27)18(29-23)8-9-25/h10-12,14,18,20,25,27H,8-9H2,1-7H3/t14-,18+,20-,23+/m0/s1. The van der Waals surface area contributed by atoms with E-state index in [0.29, 0.717) is 12.2 Å². The quantitative estimate of drug-likeness (QED) is 0.714. The van der Waals surface area contributed by atoms with Crippen LogP contribution in [0.2, 0.25) is 18.6 Å². The Morgan fingerprint density at radius 1 is 1.30 bits per heavy atom. The van der Waals surface area contributed by atoms with Crippen LogP contribution in [0.1, 0.15) is 45.2 Å². The van der Waals surface area contributed by atoms with Crippen LogP contribution < -0.4 is 9.64 Å². The van der Waals surface area contributed by atoms with Crippen LogP contribution in [0.4, 0.5) is 5.69 Å². The third-order valence-corrected chi connectivity index (χ3v) is 9.68. The van der Waals surface area contributed by atoms with Crippen molar-refractivity contribution in [1.82, 2.24) is 0 Å². The molecule has 0 radical (unpaired) electrons. The summed E-state index contributed by atoms with van der Waals surface area (Å²) in [4.78, 5) is 27.1. The van der Waals surface area contributed by atoms with E-state index in [9.17, 15) is 14.7 Å². The number of methoxy groups -OCH3 is 1. The molecule has 4 atom stereocenters. The first kappa shape index (κ1) is 21.6. The Bertz CT molecular complexity index is 934. The summed E-state index contributed by atoms with van der Waals surface area (Å²) in [7, 11) is -1.06. The first-order valence-electron chi connectivity index (χ1n) is 10.7. The van der Waals surface area contributed by atoms with Gasteiger partial charge in [0.15, 0.2) is 13.9 Å². The Hall–Kier alpha value is -1.67. The Labute approximate surface area is 179 Å². The lowest BCUT2D eigenvalue weighted by Crippen LogP contribution is -2.53. The van der Waals surface area contributed by atoms with Gasteiger partial charge in [0.2, 0.25) is 0 Å². The summed E-state index contributed by atoms with van der Waals surface area (Å²) in [5, 5.41) is 9.67. The molecule has 3 aliphatic heterocycles. The highest BCUT2D eigenvalue weighted by atomic mass is 28.4. The number of allylic oxidation sites excluding steroid dienone is 1. The van der Waals surface area contributed by atoms with Crippen molar-refractivity contribution in [2.75, 3.05) is 18.6 Å². The summed E-state index contributed by atoms with van der Waals surface area (Å²) < 4.78 is 12.2. The van der Waals surface area contributed by atoms with Crippen LogP contribution in [0, 0.1) is 5.92 Å². The highest BCUT2D eigenvalue weighted by Crippen LogP contribution is 2.63. The number of anilines is 1. The molecule has 0 aromatic heterocycles. The molecule has 1 saturated heterocycles. The van der Waals surface area contributed by atoms with Gasteiger partial charge in [0, 0.05) is 29.2 Å². The highest BCUT2D eigenvalue weighted by Gasteiger charge is 2.68. The second kappa shape index (κ2) is 6.66. The van der Waals surface area contributed by atoms with Crippen molar-refractivity contribution in [2.24, 2.45) is 5.92 Å². The fourth-order valence-electron chi connectivity index (χ4n) is 6.14. The van der Waals surface area contributed by atoms with Crippen LogP contribution >= 0.6 is 0 Å². The maximum absolute atomic E-state index is 14.2. The third kappa shape index (κ3) is 2.68. The number of hydrogen-bond acceptors (Lipinski definition) is 5. The molecular formula is C23H33NO5Si. The molecule has 0 bridgehead atoms. The van der Waals surface area contributed by atoms with Crippen LogP contribution in [0.15, 0.2) is 18.2 Å². The summed E-state index contributed by atoms with van der Waals surface area (Å²) in [6.07, 6.45) is 2.14. The lowest BCUT2D eigenvalue weighted by atomic mass is 9.81. The summed E-state index contributed by atoms with van der Waals surface area (Å²) in [5.74, 6) is 0.367. The smallest absolute Gasteiger partial charge is 0.265 e. The average Bonchev–Trinajstić information content (AvgIpc) is 3.06. The number of hydrogen-bond donors (Lipinski definition) is 2. The molecule has 1 fully saturated rings. The Kier molecular flexibility index (Phi) is 4.79. The zero-order valence-corrected chi connectivity index (χ0v) is 19.9. The topological polar surface area (TPSA) is 79.2 Å². The SMILES string of the molecule is COc1cc2c3c(c1)[C@@]1(O[C@H](CCO)[C@@H]([Si](C)(C)O)[C@@H]1C)C(=O)N3C(C)(C)C=C2C. The lowest BCUT2D eigenvalue weighted by molar-refractivity contribution is -0.147. The normalized spacial score (nSPS) is 31.9. The van der Waals surface area contributed by atoms with Gasteiger partial charge in [0.25, 0.3) is 5.91 Å². The molecule has 1 aromatic carbocycles. The van der Waals surface area contributed by atoms with Crippen LogP contribution in [0.5, 0.6) is 5.75 Å². The second-order valence-electron chi connectivity index (χ2n) is 10.1. The molecular weight excluding hydrogens is 398 g/mol. The van der Waals surface area contributed by atoms with E-state index in [1.807, 2.05) is 50.9 Å². The zero-order valence-electron chi connectivity index (χ0n) is 18.9. The van der Waals surface area contributed by atoms with Gasteiger partial charge in [-0.25, -0.2) is 0 Å². The van der Waals surface area contributed by atoms with E-state index in [2.05, 4.69) is 13.0 Å². The molecule has 7 heteroatoms. The molecule has 30 heavy (non-hydrogen) atoms. The lowest BCUT2D eigenvalue weighted by Gasteiger charge is -2.39. The van der Waals surface area contributed by atoms with Crippen molar-refractivity contribution in [3.63, 3.8) is 0 Å². The van der Waals surface area contributed by atoms with Crippen molar-refractivity contribution in [1.29, 1.82) is 0 Å². The summed E-state index contributed by atoms with van der Waals surface area (Å²) in [6.45, 7) is 11.9. The second-order valence-corrected chi connectivity index (χ2v) is 14.0. The van der Waals surface area contributed by atoms with E-state index in [-0.39, 0.29) is 30.1 Å². The minimum absolute atomic E-state index is 0.0469. The van der Waals surface area contributed by atoms with Gasteiger partial charge in [0.1, 0.15) is 5.75 Å². The van der Waals surface area contributed by atoms with Crippen molar-refractivity contribution in [3.05, 3.63) is 29.3 Å². The number of aliphatic hydroxyl groups is 1. The number of carbonyl (C=O) groups is 1. The van der Waals surface area contributed by atoms with E-state index in [0.717, 1.165) is 22.4 Å². The summed E-state index contributed by atoms with van der Waals surface area (Å²) in [5.41, 5.74) is 1.92. The minimum atomic E-state index is -2.68. The summed E-state index contributed by atoms with van der Waals surface area (Å²) >= 11 is 0. The van der Waals surface area contributed by atoms with Gasteiger partial charge >= 0.3 is 0 Å². The van der Waals surface area contributed by atoms with E-state index < -0.39 is 19.5 Å². The van der Waals surface area contributed by atoms with Crippen LogP contribution in [-0.2, 0) is 15.1 Å². The van der Waals surface area contributed by atoms with Crippen LogP contribution in [0.3, 0.4) is 0 Å². The molecule has 1 amide bonds. The van der Waals surface area contributed by atoms with Crippen LogP contribution in [-0.4, -0.2) is 49.5 Å². The van der Waals surface area contributed by atoms with Crippen LogP contribution in [0.25, 0.3) is 5.57 Å². The molecule has 3 aliphatic rings. The van der Waals surface area contributed by atoms with E-state index in [1.165, 1.54) is 0 Å². The Morgan fingerprint density at radius 2 is 1.97 bits per heavy atom. The number of nitrogens with zero attached hydrogens (tertiary/aromatic N) is 1. The van der Waals surface area contributed by atoms with Gasteiger partial charge in [-0.1, -0.05) is 13.0 Å². The molecule has 6 nitrogen and oxygen atoms in total. The molecule has 0 unspecified atom stereocenters. The molecule has 2 N–H and O–H groups in total. The Balaban J connectivity index is 2.00. The molecule has 3 heterocycles. The minimum Gasteiger partial charge on any atom is -0.497 e. The highest BCUT2D eigenvalue weighted by molar-refractivity contribution is 6.71.